The van der Waals surface area contributed by atoms with Crippen LogP contribution in [-0.4, -0.2) is 34.3 Å². The molecule has 14 heavy (non-hydrogen) atoms. The van der Waals surface area contributed by atoms with Gasteiger partial charge in [0.2, 0.25) is 0 Å². The van der Waals surface area contributed by atoms with E-state index in [0.29, 0.717) is 4.90 Å². The zero-order valence-electron chi connectivity index (χ0n) is 6.97. The minimum absolute atomic E-state index is 0.527. The van der Waals surface area contributed by atoms with Crippen LogP contribution >= 0.6 is 0 Å². The average Bonchev–Trinajstić information content (AvgIpc) is 2.60. The molecule has 1 heterocycles. The van der Waals surface area contributed by atoms with Crippen molar-refractivity contribution in [1.29, 1.82) is 0 Å². The first kappa shape index (κ1) is 8.55. The van der Waals surface area contributed by atoms with Crippen LogP contribution in [0.5, 0.6) is 0 Å². The highest BCUT2D eigenvalue weighted by Gasteiger charge is 2.41. The predicted molar refractivity (Wildman–Crippen MR) is 43.9 cm³/mol. The second kappa shape index (κ2) is 2.73. The number of carbonyl (C=O) groups excluding carboxylic acids is 4. The summed E-state index contributed by atoms with van der Waals surface area (Å²) >= 11 is 0. The molecule has 70 valence electrons. The van der Waals surface area contributed by atoms with Crippen molar-refractivity contribution >= 4 is 23.4 Å². The van der Waals surface area contributed by atoms with Crippen LogP contribution in [0.1, 0.15) is 0 Å². The van der Waals surface area contributed by atoms with Gasteiger partial charge in [-0.1, -0.05) is 0 Å². The Hall–Kier alpha value is -2.04. The van der Waals surface area contributed by atoms with E-state index in [1.807, 2.05) is 0 Å². The van der Waals surface area contributed by atoms with Crippen molar-refractivity contribution in [3.8, 4) is 0 Å². The monoisotopic (exact) mass is 191 g/mol. The molecule has 0 atom stereocenters. The molecule has 0 aromatic rings. The van der Waals surface area contributed by atoms with Gasteiger partial charge in [-0.2, -0.15) is 0 Å². The molecule has 5 heteroatoms. The van der Waals surface area contributed by atoms with Crippen LogP contribution < -0.4 is 0 Å². The zero-order valence-corrected chi connectivity index (χ0v) is 6.97. The van der Waals surface area contributed by atoms with E-state index in [0.717, 1.165) is 24.3 Å². The third kappa shape index (κ3) is 1.02. The van der Waals surface area contributed by atoms with Crippen molar-refractivity contribution in [3.63, 3.8) is 0 Å². The number of hydrogen-bond donors (Lipinski definition) is 0. The Balaban J connectivity index is 2.33. The van der Waals surface area contributed by atoms with Crippen LogP contribution in [0.2, 0.25) is 0 Å². The van der Waals surface area contributed by atoms with E-state index in [9.17, 15) is 19.2 Å². The molecule has 2 amide bonds. The fourth-order valence-corrected chi connectivity index (χ4v) is 1.41. The number of nitrogens with zero attached hydrogens (tertiary/aromatic N) is 1. The Morgan fingerprint density at radius 1 is 0.786 bits per heavy atom. The SMILES string of the molecule is O=C1C=CC(=O)C1N1C(=O)C=CC1=O. The molecular weight excluding hydrogens is 186 g/mol. The first-order valence-electron chi connectivity index (χ1n) is 3.92. The van der Waals surface area contributed by atoms with Crippen LogP contribution in [0.25, 0.3) is 0 Å². The third-order valence-corrected chi connectivity index (χ3v) is 2.05. The van der Waals surface area contributed by atoms with Crippen molar-refractivity contribution in [2.24, 2.45) is 0 Å². The number of imide groups is 1. The molecule has 1 aliphatic heterocycles. The van der Waals surface area contributed by atoms with Gasteiger partial charge in [0.25, 0.3) is 11.8 Å². The topological polar surface area (TPSA) is 71.5 Å². The third-order valence-electron chi connectivity index (χ3n) is 2.05. The van der Waals surface area contributed by atoms with E-state index in [1.54, 1.807) is 0 Å². The van der Waals surface area contributed by atoms with Crippen LogP contribution in [0, 0.1) is 0 Å². The molecule has 2 aliphatic rings. The first-order chi connectivity index (χ1) is 6.61. The van der Waals surface area contributed by atoms with Gasteiger partial charge in [0.1, 0.15) is 0 Å². The van der Waals surface area contributed by atoms with E-state index in [-0.39, 0.29) is 0 Å². The molecule has 0 bridgehead atoms. The summed E-state index contributed by atoms with van der Waals surface area (Å²) in [6, 6.07) is -1.27. The van der Waals surface area contributed by atoms with Gasteiger partial charge in [0.15, 0.2) is 17.6 Å². The van der Waals surface area contributed by atoms with Crippen LogP contribution in [0.4, 0.5) is 0 Å². The Kier molecular flexibility index (Phi) is 1.67. The quantitative estimate of drug-likeness (QED) is 0.393. The number of ketones is 2. The summed E-state index contributed by atoms with van der Waals surface area (Å²) in [7, 11) is 0. The van der Waals surface area contributed by atoms with Gasteiger partial charge in [-0.15, -0.1) is 0 Å². The summed E-state index contributed by atoms with van der Waals surface area (Å²) in [6.45, 7) is 0. The molecule has 0 N–H and O–H groups in total. The molecule has 0 spiro atoms. The molecule has 2 rings (SSSR count). The van der Waals surface area contributed by atoms with E-state index in [1.165, 1.54) is 0 Å². The minimum atomic E-state index is -1.27. The van der Waals surface area contributed by atoms with E-state index < -0.39 is 29.4 Å². The Bertz CT molecular complexity index is 343. The van der Waals surface area contributed by atoms with Gasteiger partial charge in [0.05, 0.1) is 0 Å². The van der Waals surface area contributed by atoms with Gasteiger partial charge < -0.3 is 0 Å². The highest BCUT2D eigenvalue weighted by molar-refractivity contribution is 6.27. The molecule has 0 radical (unpaired) electrons. The Morgan fingerprint density at radius 3 is 1.64 bits per heavy atom. The number of hydrogen-bond acceptors (Lipinski definition) is 4. The minimum Gasteiger partial charge on any atom is -0.292 e. The molecule has 0 unspecified atom stereocenters. The number of amides is 2. The second-order valence-electron chi connectivity index (χ2n) is 2.92. The van der Waals surface area contributed by atoms with Crippen molar-refractivity contribution in [2.75, 3.05) is 0 Å². The highest BCUT2D eigenvalue weighted by Crippen LogP contribution is 2.15. The maximum atomic E-state index is 11.2. The van der Waals surface area contributed by atoms with Gasteiger partial charge >= 0.3 is 0 Å². The lowest BCUT2D eigenvalue weighted by molar-refractivity contribution is -0.146. The van der Waals surface area contributed by atoms with E-state index in [4.69, 9.17) is 0 Å². The second-order valence-corrected chi connectivity index (χ2v) is 2.92. The summed E-state index contributed by atoms with van der Waals surface area (Å²) < 4.78 is 0. The summed E-state index contributed by atoms with van der Waals surface area (Å²) in [5.41, 5.74) is 0. The van der Waals surface area contributed by atoms with E-state index >= 15 is 0 Å². The molecule has 0 aromatic heterocycles. The van der Waals surface area contributed by atoms with Crippen molar-refractivity contribution in [1.82, 2.24) is 4.90 Å². The fraction of sp³-hybridized carbons (Fsp3) is 0.111. The maximum Gasteiger partial charge on any atom is 0.254 e. The first-order valence-corrected chi connectivity index (χ1v) is 3.92. The maximum absolute atomic E-state index is 11.2. The molecular formula is C9H5NO4. The number of rotatable bonds is 1. The zero-order chi connectivity index (χ0) is 10.3. The largest absolute Gasteiger partial charge is 0.292 e. The average molecular weight is 191 g/mol. The predicted octanol–water partition coefficient (Wildman–Crippen LogP) is -1.01. The lowest BCUT2D eigenvalue weighted by Crippen LogP contribution is -2.46. The Morgan fingerprint density at radius 2 is 1.21 bits per heavy atom. The molecule has 1 aliphatic carbocycles. The van der Waals surface area contributed by atoms with Gasteiger partial charge in [-0.3, -0.25) is 24.1 Å². The molecule has 0 aromatic carbocycles. The summed E-state index contributed by atoms with van der Waals surface area (Å²) in [4.78, 5) is 45.3. The van der Waals surface area contributed by atoms with E-state index in [2.05, 4.69) is 0 Å². The van der Waals surface area contributed by atoms with Crippen molar-refractivity contribution < 1.29 is 19.2 Å². The standard InChI is InChI=1S/C9H5NO4/c11-5-1-2-6(12)9(5)10-7(13)3-4-8(10)14/h1-4,9H. The summed E-state index contributed by atoms with van der Waals surface area (Å²) in [5.74, 6) is -2.29. The normalized spacial score (nSPS) is 21.9. The van der Waals surface area contributed by atoms with Crippen molar-refractivity contribution in [3.05, 3.63) is 24.3 Å². The van der Waals surface area contributed by atoms with Gasteiger partial charge in [-0.05, 0) is 12.2 Å². The van der Waals surface area contributed by atoms with Crippen LogP contribution in [0.3, 0.4) is 0 Å². The Labute approximate surface area is 78.7 Å². The molecule has 0 saturated heterocycles. The highest BCUT2D eigenvalue weighted by atomic mass is 16.2. The lowest BCUT2D eigenvalue weighted by Gasteiger charge is -2.18. The van der Waals surface area contributed by atoms with Crippen molar-refractivity contribution in [2.45, 2.75) is 6.04 Å². The molecule has 5 nitrogen and oxygen atoms in total. The van der Waals surface area contributed by atoms with Crippen LogP contribution in [-0.2, 0) is 19.2 Å². The molecule has 0 fully saturated rings. The molecule has 0 saturated carbocycles. The lowest BCUT2D eigenvalue weighted by atomic mass is 10.2. The number of carbonyl (C=O) groups is 4. The fourth-order valence-electron chi connectivity index (χ4n) is 1.41. The van der Waals surface area contributed by atoms with Gasteiger partial charge in [0, 0.05) is 12.2 Å². The summed E-state index contributed by atoms with van der Waals surface area (Å²) in [6.07, 6.45) is 4.24. The smallest absolute Gasteiger partial charge is 0.254 e. The van der Waals surface area contributed by atoms with Gasteiger partial charge in [-0.25, -0.2) is 0 Å². The van der Waals surface area contributed by atoms with Crippen LogP contribution in [0.15, 0.2) is 24.3 Å². The summed E-state index contributed by atoms with van der Waals surface area (Å²) in [5, 5.41) is 0.